The average molecular weight is 299 g/mol. The highest BCUT2D eigenvalue weighted by Gasteiger charge is 2.41. The van der Waals surface area contributed by atoms with Crippen LogP contribution in [0.2, 0.25) is 0 Å². The monoisotopic (exact) mass is 299 g/mol. The summed E-state index contributed by atoms with van der Waals surface area (Å²) in [6.45, 7) is 2.52. The maximum Gasteiger partial charge on any atom is 0.238 e. The Balaban J connectivity index is 1.33. The first-order valence-corrected chi connectivity index (χ1v) is 8.58. The van der Waals surface area contributed by atoms with Crippen LogP contribution in [-0.4, -0.2) is 36.5 Å². The summed E-state index contributed by atoms with van der Waals surface area (Å²) in [6.07, 6.45) is 5.95. The maximum absolute atomic E-state index is 12.3. The number of nitrogens with two attached hydrogens (primary N) is 1. The molecule has 3 unspecified atom stereocenters. The number of likely N-dealkylation sites (tertiary alicyclic amines) is 1. The number of fused-ring (bicyclic) bond motifs is 2. The number of rotatable bonds is 3. The molecule has 4 heteroatoms. The van der Waals surface area contributed by atoms with E-state index in [4.69, 9.17) is 5.73 Å². The zero-order chi connectivity index (χ0) is 15.1. The minimum Gasteiger partial charge on any atom is -0.327 e. The molecular weight excluding hydrogens is 274 g/mol. The van der Waals surface area contributed by atoms with Gasteiger partial charge in [-0.25, -0.2) is 0 Å². The minimum atomic E-state index is 0.103. The molecule has 4 rings (SSSR count). The molecule has 0 aromatic heterocycles. The predicted molar refractivity (Wildman–Crippen MR) is 87.7 cm³/mol. The predicted octanol–water partition coefficient (Wildman–Crippen LogP) is 1.78. The van der Waals surface area contributed by atoms with Gasteiger partial charge in [0.25, 0.3) is 0 Å². The summed E-state index contributed by atoms with van der Waals surface area (Å²) in [5.74, 6) is 1.42. The maximum atomic E-state index is 12.3. The molecule has 22 heavy (non-hydrogen) atoms. The number of carbonyl (C=O) groups is 1. The molecule has 4 nitrogen and oxygen atoms in total. The number of carbonyl (C=O) groups excluding carboxylic acids is 1. The van der Waals surface area contributed by atoms with E-state index >= 15 is 0 Å². The topological polar surface area (TPSA) is 58.4 Å². The van der Waals surface area contributed by atoms with Crippen molar-refractivity contribution >= 4 is 11.6 Å². The van der Waals surface area contributed by atoms with Crippen LogP contribution in [0.25, 0.3) is 0 Å². The first-order valence-electron chi connectivity index (χ1n) is 8.58. The van der Waals surface area contributed by atoms with Crippen LogP contribution in [0.5, 0.6) is 0 Å². The van der Waals surface area contributed by atoms with E-state index in [1.807, 2.05) is 6.07 Å². The molecule has 3 atom stereocenters. The fraction of sp³-hybridized carbons (Fsp3) is 0.611. The zero-order valence-corrected chi connectivity index (χ0v) is 13.1. The zero-order valence-electron chi connectivity index (χ0n) is 13.1. The SMILES string of the molecule is NC1CCC2CN(CC(=O)Nc3ccc4c(c3)CCC4)CC12. The summed E-state index contributed by atoms with van der Waals surface area (Å²) < 4.78 is 0. The Morgan fingerprint density at radius 1 is 1.23 bits per heavy atom. The van der Waals surface area contributed by atoms with Crippen molar-refractivity contribution in [3.63, 3.8) is 0 Å². The highest BCUT2D eigenvalue weighted by atomic mass is 16.2. The fourth-order valence-electron chi connectivity index (χ4n) is 4.58. The van der Waals surface area contributed by atoms with Crippen LogP contribution < -0.4 is 11.1 Å². The van der Waals surface area contributed by atoms with E-state index in [2.05, 4.69) is 22.3 Å². The Bertz CT molecular complexity index is 586. The third-order valence-electron chi connectivity index (χ3n) is 5.74. The van der Waals surface area contributed by atoms with Gasteiger partial charge in [-0.15, -0.1) is 0 Å². The molecule has 1 heterocycles. The quantitative estimate of drug-likeness (QED) is 0.894. The van der Waals surface area contributed by atoms with Gasteiger partial charge in [0.15, 0.2) is 0 Å². The highest BCUT2D eigenvalue weighted by molar-refractivity contribution is 5.92. The smallest absolute Gasteiger partial charge is 0.238 e. The summed E-state index contributed by atoms with van der Waals surface area (Å²) in [6, 6.07) is 6.69. The largest absolute Gasteiger partial charge is 0.327 e. The van der Waals surface area contributed by atoms with Gasteiger partial charge in [-0.3, -0.25) is 9.69 Å². The summed E-state index contributed by atoms with van der Waals surface area (Å²) in [7, 11) is 0. The summed E-state index contributed by atoms with van der Waals surface area (Å²) in [5, 5.41) is 3.06. The molecule has 118 valence electrons. The van der Waals surface area contributed by atoms with E-state index < -0.39 is 0 Å². The van der Waals surface area contributed by atoms with Crippen molar-refractivity contribution < 1.29 is 4.79 Å². The first kappa shape index (κ1) is 14.2. The number of nitrogens with one attached hydrogen (secondary N) is 1. The van der Waals surface area contributed by atoms with Crippen LogP contribution in [0.15, 0.2) is 18.2 Å². The molecule has 0 spiro atoms. The fourth-order valence-corrected chi connectivity index (χ4v) is 4.58. The molecule has 1 saturated carbocycles. The molecular formula is C18H25N3O. The van der Waals surface area contributed by atoms with Crippen LogP contribution in [0.4, 0.5) is 5.69 Å². The van der Waals surface area contributed by atoms with Gasteiger partial charge >= 0.3 is 0 Å². The Morgan fingerprint density at radius 3 is 2.95 bits per heavy atom. The van der Waals surface area contributed by atoms with E-state index in [0.29, 0.717) is 24.4 Å². The number of anilines is 1. The normalized spacial score (nSPS) is 30.3. The lowest BCUT2D eigenvalue weighted by Gasteiger charge is -2.18. The summed E-state index contributed by atoms with van der Waals surface area (Å²) in [5.41, 5.74) is 9.95. The van der Waals surface area contributed by atoms with Crippen molar-refractivity contribution in [2.75, 3.05) is 25.0 Å². The number of hydrogen-bond donors (Lipinski definition) is 2. The van der Waals surface area contributed by atoms with Gasteiger partial charge in [-0.1, -0.05) is 6.07 Å². The highest BCUT2D eigenvalue weighted by Crippen LogP contribution is 2.36. The second kappa shape index (κ2) is 5.67. The molecule has 1 aromatic rings. The van der Waals surface area contributed by atoms with Gasteiger partial charge in [0.2, 0.25) is 5.91 Å². The van der Waals surface area contributed by atoms with Gasteiger partial charge in [-0.2, -0.15) is 0 Å². The van der Waals surface area contributed by atoms with Crippen molar-refractivity contribution in [1.82, 2.24) is 4.90 Å². The second-order valence-corrected chi connectivity index (χ2v) is 7.24. The van der Waals surface area contributed by atoms with Crippen LogP contribution >= 0.6 is 0 Å². The molecule has 1 aromatic carbocycles. The number of aryl methyl sites for hydroxylation is 2. The van der Waals surface area contributed by atoms with E-state index in [1.165, 1.54) is 30.4 Å². The van der Waals surface area contributed by atoms with Crippen molar-refractivity contribution in [2.24, 2.45) is 17.6 Å². The van der Waals surface area contributed by atoms with Gasteiger partial charge in [0.1, 0.15) is 0 Å². The van der Waals surface area contributed by atoms with Gasteiger partial charge < -0.3 is 11.1 Å². The molecule has 0 radical (unpaired) electrons. The Hall–Kier alpha value is -1.39. The lowest BCUT2D eigenvalue weighted by atomic mass is 9.98. The van der Waals surface area contributed by atoms with Gasteiger partial charge in [-0.05, 0) is 67.2 Å². The third-order valence-corrected chi connectivity index (χ3v) is 5.74. The number of amides is 1. The number of benzene rings is 1. The molecule has 1 saturated heterocycles. The van der Waals surface area contributed by atoms with Crippen LogP contribution in [0, 0.1) is 11.8 Å². The lowest BCUT2D eigenvalue weighted by molar-refractivity contribution is -0.117. The van der Waals surface area contributed by atoms with E-state index in [0.717, 1.165) is 31.6 Å². The number of nitrogens with zero attached hydrogens (tertiary/aromatic N) is 1. The Morgan fingerprint density at radius 2 is 2.09 bits per heavy atom. The van der Waals surface area contributed by atoms with Gasteiger partial charge in [0.05, 0.1) is 6.54 Å². The van der Waals surface area contributed by atoms with Crippen molar-refractivity contribution in [1.29, 1.82) is 0 Å². The average Bonchev–Trinajstić information content (AvgIpc) is 3.16. The molecule has 1 aliphatic heterocycles. The molecule has 1 amide bonds. The Labute approximate surface area is 132 Å². The van der Waals surface area contributed by atoms with Crippen molar-refractivity contribution in [2.45, 2.75) is 38.1 Å². The van der Waals surface area contributed by atoms with Crippen molar-refractivity contribution in [3.05, 3.63) is 29.3 Å². The minimum absolute atomic E-state index is 0.103. The molecule has 2 fully saturated rings. The number of hydrogen-bond acceptors (Lipinski definition) is 3. The summed E-state index contributed by atoms with van der Waals surface area (Å²) >= 11 is 0. The molecule has 3 N–H and O–H groups in total. The first-order chi connectivity index (χ1) is 10.7. The van der Waals surface area contributed by atoms with E-state index in [1.54, 1.807) is 0 Å². The molecule has 0 bridgehead atoms. The van der Waals surface area contributed by atoms with Crippen LogP contribution in [0.1, 0.15) is 30.4 Å². The second-order valence-electron chi connectivity index (χ2n) is 7.24. The standard InChI is InChI=1S/C18H25N3O/c19-17-7-5-14-9-21(10-16(14)17)11-18(22)20-15-6-4-12-2-1-3-13(12)8-15/h4,6,8,14,16-17H,1-3,5,7,9-11,19H2,(H,20,22). The third kappa shape index (κ3) is 2.66. The summed E-state index contributed by atoms with van der Waals surface area (Å²) in [4.78, 5) is 14.6. The van der Waals surface area contributed by atoms with Crippen molar-refractivity contribution in [3.8, 4) is 0 Å². The Kier molecular flexibility index (Phi) is 3.66. The van der Waals surface area contributed by atoms with Crippen LogP contribution in [0.3, 0.4) is 0 Å². The van der Waals surface area contributed by atoms with Crippen LogP contribution in [-0.2, 0) is 17.6 Å². The van der Waals surface area contributed by atoms with E-state index in [-0.39, 0.29) is 5.91 Å². The molecule has 2 aliphatic carbocycles. The van der Waals surface area contributed by atoms with E-state index in [9.17, 15) is 4.79 Å². The van der Waals surface area contributed by atoms with Gasteiger partial charge in [0, 0.05) is 24.8 Å². The lowest BCUT2D eigenvalue weighted by Crippen LogP contribution is -2.34. The molecule has 3 aliphatic rings.